The van der Waals surface area contributed by atoms with Crippen LogP contribution in [0.5, 0.6) is 0 Å². The second kappa shape index (κ2) is 4.99. The summed E-state index contributed by atoms with van der Waals surface area (Å²) in [5, 5.41) is 0. The summed E-state index contributed by atoms with van der Waals surface area (Å²) in [5.41, 5.74) is 0. The van der Waals surface area contributed by atoms with Crippen molar-refractivity contribution in [2.75, 3.05) is 27.3 Å². The molecule has 0 aliphatic carbocycles. The molecule has 14 heavy (non-hydrogen) atoms. The first-order valence-electron chi connectivity index (χ1n) is 4.50. The van der Waals surface area contributed by atoms with E-state index in [0.29, 0.717) is 19.5 Å². The van der Waals surface area contributed by atoms with Crippen molar-refractivity contribution in [2.45, 2.75) is 12.7 Å². The Balaban J connectivity index is 2.46. The third-order valence-electron chi connectivity index (χ3n) is 2.35. The van der Waals surface area contributed by atoms with Crippen LogP contribution in [0, 0.1) is 18.3 Å². The van der Waals surface area contributed by atoms with Crippen LogP contribution in [0.25, 0.3) is 0 Å². The molecule has 0 aromatic carbocycles. The number of methoxy groups -OCH3 is 2. The number of terminal acetylenes is 1. The lowest BCUT2D eigenvalue weighted by Crippen LogP contribution is -2.35. The van der Waals surface area contributed by atoms with Gasteiger partial charge in [0.1, 0.15) is 0 Å². The van der Waals surface area contributed by atoms with Crippen molar-refractivity contribution in [3.63, 3.8) is 0 Å². The van der Waals surface area contributed by atoms with Crippen LogP contribution in [-0.2, 0) is 14.3 Å². The second-order valence-electron chi connectivity index (χ2n) is 3.27. The molecule has 1 unspecified atom stereocenters. The molecule has 1 amide bonds. The average Bonchev–Trinajstić information content (AvgIpc) is 2.56. The van der Waals surface area contributed by atoms with E-state index in [1.165, 1.54) is 0 Å². The Hall–Kier alpha value is -1.05. The quantitative estimate of drug-likeness (QED) is 0.473. The molecule has 1 aliphatic rings. The fourth-order valence-electron chi connectivity index (χ4n) is 1.49. The van der Waals surface area contributed by atoms with Crippen LogP contribution in [-0.4, -0.2) is 44.4 Å². The van der Waals surface area contributed by atoms with Crippen molar-refractivity contribution in [2.24, 2.45) is 5.92 Å². The Labute approximate surface area is 84.2 Å². The largest absolute Gasteiger partial charge is 0.354 e. The van der Waals surface area contributed by atoms with E-state index in [1.807, 2.05) is 0 Å². The highest BCUT2D eigenvalue weighted by molar-refractivity contribution is 5.79. The monoisotopic (exact) mass is 197 g/mol. The number of hydrogen-bond donors (Lipinski definition) is 0. The summed E-state index contributed by atoms with van der Waals surface area (Å²) < 4.78 is 10.0. The van der Waals surface area contributed by atoms with E-state index >= 15 is 0 Å². The normalized spacial score (nSPS) is 21.7. The molecular formula is C10H15NO3. The summed E-state index contributed by atoms with van der Waals surface area (Å²) in [5.74, 6) is 2.70. The Bertz CT molecular complexity index is 242. The molecule has 1 saturated heterocycles. The van der Waals surface area contributed by atoms with Gasteiger partial charge in [-0.05, 0) is 0 Å². The molecule has 0 N–H and O–H groups in total. The van der Waals surface area contributed by atoms with E-state index in [9.17, 15) is 4.79 Å². The summed E-state index contributed by atoms with van der Waals surface area (Å²) in [6.45, 7) is 1.06. The fraction of sp³-hybridized carbons (Fsp3) is 0.700. The number of carbonyl (C=O) groups excluding carboxylic acids is 1. The number of nitrogens with zero attached hydrogens (tertiary/aromatic N) is 1. The van der Waals surface area contributed by atoms with Crippen LogP contribution in [0.1, 0.15) is 6.42 Å². The summed E-state index contributed by atoms with van der Waals surface area (Å²) in [6.07, 6.45) is 5.34. The maximum absolute atomic E-state index is 11.4. The standard InChI is InChI=1S/C10H15NO3/c1-4-8-5-9(12)11(6-8)7-10(13-2)14-3/h1,8,10H,5-7H2,2-3H3. The van der Waals surface area contributed by atoms with Crippen LogP contribution in [0.15, 0.2) is 0 Å². The summed E-state index contributed by atoms with van der Waals surface area (Å²) in [4.78, 5) is 13.1. The van der Waals surface area contributed by atoms with Gasteiger partial charge in [0.25, 0.3) is 0 Å². The Morgan fingerprint density at radius 2 is 2.29 bits per heavy atom. The van der Waals surface area contributed by atoms with Crippen molar-refractivity contribution in [3.8, 4) is 12.3 Å². The van der Waals surface area contributed by atoms with Gasteiger partial charge in [-0.2, -0.15) is 0 Å². The summed E-state index contributed by atoms with van der Waals surface area (Å²) >= 11 is 0. The number of amides is 1. The number of hydrogen-bond acceptors (Lipinski definition) is 3. The van der Waals surface area contributed by atoms with E-state index in [-0.39, 0.29) is 18.1 Å². The van der Waals surface area contributed by atoms with Crippen LogP contribution >= 0.6 is 0 Å². The average molecular weight is 197 g/mol. The van der Waals surface area contributed by atoms with Gasteiger partial charge in [0.15, 0.2) is 6.29 Å². The molecule has 1 fully saturated rings. The van der Waals surface area contributed by atoms with E-state index in [0.717, 1.165) is 0 Å². The molecule has 1 atom stereocenters. The van der Waals surface area contributed by atoms with Gasteiger partial charge >= 0.3 is 0 Å². The van der Waals surface area contributed by atoms with Gasteiger partial charge in [0.2, 0.25) is 5.91 Å². The van der Waals surface area contributed by atoms with Crippen LogP contribution in [0.4, 0.5) is 0 Å². The minimum atomic E-state index is -0.365. The zero-order chi connectivity index (χ0) is 10.6. The van der Waals surface area contributed by atoms with E-state index in [2.05, 4.69) is 5.92 Å². The summed E-state index contributed by atoms with van der Waals surface area (Å²) in [6, 6.07) is 0. The number of rotatable bonds is 4. The Morgan fingerprint density at radius 3 is 2.71 bits per heavy atom. The Kier molecular flexibility index (Phi) is 3.93. The van der Waals surface area contributed by atoms with E-state index in [1.54, 1.807) is 19.1 Å². The molecular weight excluding hydrogens is 182 g/mol. The molecule has 0 saturated carbocycles. The maximum Gasteiger partial charge on any atom is 0.224 e. The molecule has 1 heterocycles. The summed E-state index contributed by atoms with van der Waals surface area (Å²) in [7, 11) is 3.10. The maximum atomic E-state index is 11.4. The highest BCUT2D eigenvalue weighted by Crippen LogP contribution is 2.17. The van der Waals surface area contributed by atoms with Crippen LogP contribution < -0.4 is 0 Å². The topological polar surface area (TPSA) is 38.8 Å². The lowest BCUT2D eigenvalue weighted by molar-refractivity contribution is -0.141. The van der Waals surface area contributed by atoms with Gasteiger partial charge < -0.3 is 14.4 Å². The molecule has 0 radical (unpaired) electrons. The first-order valence-corrected chi connectivity index (χ1v) is 4.50. The SMILES string of the molecule is C#CC1CC(=O)N(CC(OC)OC)C1. The lowest BCUT2D eigenvalue weighted by Gasteiger charge is -2.21. The van der Waals surface area contributed by atoms with Crippen molar-refractivity contribution in [3.05, 3.63) is 0 Å². The minimum Gasteiger partial charge on any atom is -0.354 e. The van der Waals surface area contributed by atoms with Crippen LogP contribution in [0.2, 0.25) is 0 Å². The van der Waals surface area contributed by atoms with Gasteiger partial charge in [-0.15, -0.1) is 12.3 Å². The van der Waals surface area contributed by atoms with Crippen molar-refractivity contribution in [1.29, 1.82) is 0 Å². The smallest absolute Gasteiger partial charge is 0.224 e. The van der Waals surface area contributed by atoms with E-state index in [4.69, 9.17) is 15.9 Å². The van der Waals surface area contributed by atoms with Gasteiger partial charge in [-0.3, -0.25) is 4.79 Å². The zero-order valence-corrected chi connectivity index (χ0v) is 8.53. The highest BCUT2D eigenvalue weighted by Gasteiger charge is 2.29. The van der Waals surface area contributed by atoms with E-state index < -0.39 is 0 Å². The van der Waals surface area contributed by atoms with Crippen molar-refractivity contribution < 1.29 is 14.3 Å². The van der Waals surface area contributed by atoms with Gasteiger partial charge in [0, 0.05) is 33.1 Å². The molecule has 0 aromatic rings. The van der Waals surface area contributed by atoms with Gasteiger partial charge in [-0.1, -0.05) is 0 Å². The predicted octanol–water partition coefficient (Wildman–Crippen LogP) is 0.0870. The molecule has 4 nitrogen and oxygen atoms in total. The van der Waals surface area contributed by atoms with Gasteiger partial charge in [0.05, 0.1) is 6.54 Å². The van der Waals surface area contributed by atoms with Crippen LogP contribution in [0.3, 0.4) is 0 Å². The third kappa shape index (κ3) is 2.47. The second-order valence-corrected chi connectivity index (χ2v) is 3.27. The number of carbonyl (C=O) groups is 1. The molecule has 0 bridgehead atoms. The first kappa shape index (κ1) is 11.0. The zero-order valence-electron chi connectivity index (χ0n) is 8.53. The third-order valence-corrected chi connectivity index (χ3v) is 2.35. The molecule has 78 valence electrons. The molecule has 1 aliphatic heterocycles. The molecule has 0 aromatic heterocycles. The predicted molar refractivity (Wildman–Crippen MR) is 51.3 cm³/mol. The fourth-order valence-corrected chi connectivity index (χ4v) is 1.49. The van der Waals surface area contributed by atoms with Crippen molar-refractivity contribution in [1.82, 2.24) is 4.90 Å². The molecule has 1 rings (SSSR count). The minimum absolute atomic E-state index is 0.0388. The van der Waals surface area contributed by atoms with Gasteiger partial charge in [-0.25, -0.2) is 0 Å². The highest BCUT2D eigenvalue weighted by atomic mass is 16.7. The number of likely N-dealkylation sites (tertiary alicyclic amines) is 1. The van der Waals surface area contributed by atoms with Crippen molar-refractivity contribution >= 4 is 5.91 Å². The number of ether oxygens (including phenoxy) is 2. The molecule has 0 spiro atoms. The lowest BCUT2D eigenvalue weighted by atomic mass is 10.1. The first-order chi connectivity index (χ1) is 6.71. The molecule has 4 heteroatoms. The Morgan fingerprint density at radius 1 is 1.64 bits per heavy atom.